The molecule has 0 amide bonds. The summed E-state index contributed by atoms with van der Waals surface area (Å²) in [6.07, 6.45) is 7.53. The first-order valence-corrected chi connectivity index (χ1v) is 6.81. The van der Waals surface area contributed by atoms with Gasteiger partial charge >= 0.3 is 0 Å². The lowest BCUT2D eigenvalue weighted by atomic mass is 9.94. The van der Waals surface area contributed by atoms with Crippen molar-refractivity contribution >= 4 is 0 Å². The van der Waals surface area contributed by atoms with Gasteiger partial charge in [0.2, 0.25) is 5.89 Å². The summed E-state index contributed by atoms with van der Waals surface area (Å²) in [4.78, 5) is 4.38. The van der Waals surface area contributed by atoms with Gasteiger partial charge in [-0.15, -0.1) is 0 Å². The average Bonchev–Trinajstić information content (AvgIpc) is 2.75. The Hall–Kier alpha value is -0.900. The Balaban J connectivity index is 2.35. The molecule has 0 aliphatic heterocycles. The molecule has 1 aromatic rings. The molecular formula is C13H25N3O. The molecule has 0 saturated carbocycles. The quantitative estimate of drug-likeness (QED) is 0.719. The number of nitrogens with two attached hydrogens (primary N) is 1. The van der Waals surface area contributed by atoms with Gasteiger partial charge in [0.05, 0.1) is 0 Å². The Morgan fingerprint density at radius 1 is 1.12 bits per heavy atom. The van der Waals surface area contributed by atoms with Crippen molar-refractivity contribution in [2.75, 3.05) is 6.54 Å². The fraction of sp³-hybridized carbons (Fsp3) is 0.846. The van der Waals surface area contributed by atoms with Crippen LogP contribution in [0.2, 0.25) is 0 Å². The van der Waals surface area contributed by atoms with E-state index in [2.05, 4.69) is 24.0 Å². The average molecular weight is 239 g/mol. The molecule has 0 aliphatic rings. The van der Waals surface area contributed by atoms with Crippen molar-refractivity contribution in [2.45, 2.75) is 58.8 Å². The summed E-state index contributed by atoms with van der Waals surface area (Å²) in [7, 11) is 0. The Morgan fingerprint density at radius 3 is 2.59 bits per heavy atom. The van der Waals surface area contributed by atoms with Crippen molar-refractivity contribution in [1.82, 2.24) is 10.1 Å². The van der Waals surface area contributed by atoms with Gasteiger partial charge in [-0.3, -0.25) is 0 Å². The van der Waals surface area contributed by atoms with E-state index in [1.807, 2.05) is 0 Å². The van der Waals surface area contributed by atoms with Crippen LogP contribution in [0.5, 0.6) is 0 Å². The topological polar surface area (TPSA) is 64.9 Å². The molecule has 0 fully saturated rings. The molecule has 1 aromatic heterocycles. The van der Waals surface area contributed by atoms with Gasteiger partial charge in [-0.05, 0) is 31.7 Å². The Bertz CT molecular complexity index is 293. The maximum atomic E-state index is 5.62. The van der Waals surface area contributed by atoms with Crippen LogP contribution in [-0.4, -0.2) is 16.7 Å². The van der Waals surface area contributed by atoms with E-state index in [1.165, 1.54) is 12.8 Å². The highest BCUT2D eigenvalue weighted by Gasteiger charge is 2.10. The Labute approximate surface area is 104 Å². The molecule has 4 heteroatoms. The molecule has 0 aromatic carbocycles. The molecule has 1 unspecified atom stereocenters. The van der Waals surface area contributed by atoms with Gasteiger partial charge in [0.15, 0.2) is 5.82 Å². The van der Waals surface area contributed by atoms with Gasteiger partial charge in [0.25, 0.3) is 0 Å². The van der Waals surface area contributed by atoms with E-state index in [9.17, 15) is 0 Å². The van der Waals surface area contributed by atoms with E-state index in [-0.39, 0.29) is 0 Å². The standard InChI is InChI=1S/C13H25N3O/c1-3-5-11(9-10-14)7-8-13-15-12(6-4-2)16-17-13/h11H,3-10,14H2,1-2H3. The van der Waals surface area contributed by atoms with Crippen molar-refractivity contribution in [3.63, 3.8) is 0 Å². The highest BCUT2D eigenvalue weighted by Crippen LogP contribution is 2.17. The summed E-state index contributed by atoms with van der Waals surface area (Å²) in [6.45, 7) is 5.11. The first kappa shape index (κ1) is 14.2. The van der Waals surface area contributed by atoms with E-state index in [0.29, 0.717) is 5.92 Å². The molecule has 1 rings (SSSR count). The second-order valence-corrected chi connectivity index (χ2v) is 4.63. The molecule has 17 heavy (non-hydrogen) atoms. The van der Waals surface area contributed by atoms with Crippen LogP contribution < -0.4 is 5.73 Å². The van der Waals surface area contributed by atoms with Gasteiger partial charge in [-0.25, -0.2) is 0 Å². The van der Waals surface area contributed by atoms with Gasteiger partial charge in [0.1, 0.15) is 0 Å². The van der Waals surface area contributed by atoms with Gasteiger partial charge < -0.3 is 10.3 Å². The van der Waals surface area contributed by atoms with Gasteiger partial charge in [-0.2, -0.15) is 4.98 Å². The molecule has 0 radical (unpaired) electrons. The molecule has 0 bridgehead atoms. The van der Waals surface area contributed by atoms with E-state index < -0.39 is 0 Å². The molecule has 0 spiro atoms. The van der Waals surface area contributed by atoms with E-state index in [1.54, 1.807) is 0 Å². The molecule has 1 heterocycles. The summed E-state index contributed by atoms with van der Waals surface area (Å²) in [6, 6.07) is 0. The minimum absolute atomic E-state index is 0.700. The van der Waals surface area contributed by atoms with Crippen LogP contribution in [0.25, 0.3) is 0 Å². The van der Waals surface area contributed by atoms with Crippen molar-refractivity contribution in [3.05, 3.63) is 11.7 Å². The fourth-order valence-electron chi connectivity index (χ4n) is 2.12. The largest absolute Gasteiger partial charge is 0.339 e. The molecule has 4 nitrogen and oxygen atoms in total. The molecule has 0 aliphatic carbocycles. The number of aromatic nitrogens is 2. The number of hydrogen-bond donors (Lipinski definition) is 1. The summed E-state index contributed by atoms with van der Waals surface area (Å²) >= 11 is 0. The van der Waals surface area contributed by atoms with Crippen molar-refractivity contribution < 1.29 is 4.52 Å². The molecular weight excluding hydrogens is 214 g/mol. The van der Waals surface area contributed by atoms with Gasteiger partial charge in [-0.1, -0.05) is 31.8 Å². The molecule has 1 atom stereocenters. The highest BCUT2D eigenvalue weighted by atomic mass is 16.5. The lowest BCUT2D eigenvalue weighted by Gasteiger charge is -2.13. The summed E-state index contributed by atoms with van der Waals surface area (Å²) < 4.78 is 5.23. The maximum absolute atomic E-state index is 5.62. The maximum Gasteiger partial charge on any atom is 0.226 e. The van der Waals surface area contributed by atoms with Crippen LogP contribution in [-0.2, 0) is 12.8 Å². The molecule has 2 N–H and O–H groups in total. The van der Waals surface area contributed by atoms with Crippen LogP contribution in [0.3, 0.4) is 0 Å². The second kappa shape index (κ2) is 8.23. The highest BCUT2D eigenvalue weighted by molar-refractivity contribution is 4.86. The predicted octanol–water partition coefficient (Wildman–Crippen LogP) is 2.72. The van der Waals surface area contributed by atoms with Gasteiger partial charge in [0, 0.05) is 12.8 Å². The van der Waals surface area contributed by atoms with Crippen LogP contribution >= 0.6 is 0 Å². The van der Waals surface area contributed by atoms with Crippen LogP contribution in [0.15, 0.2) is 4.52 Å². The third kappa shape index (κ3) is 5.31. The van der Waals surface area contributed by atoms with E-state index in [0.717, 1.165) is 50.4 Å². The SMILES string of the molecule is CCCc1noc(CCC(CCC)CCN)n1. The predicted molar refractivity (Wildman–Crippen MR) is 68.7 cm³/mol. The van der Waals surface area contributed by atoms with Crippen LogP contribution in [0.1, 0.15) is 57.7 Å². The molecule has 0 saturated heterocycles. The number of rotatable bonds is 9. The first-order chi connectivity index (χ1) is 8.30. The lowest BCUT2D eigenvalue weighted by Crippen LogP contribution is -2.09. The van der Waals surface area contributed by atoms with Crippen LogP contribution in [0.4, 0.5) is 0 Å². The summed E-state index contributed by atoms with van der Waals surface area (Å²) in [5.41, 5.74) is 5.62. The van der Waals surface area contributed by atoms with Crippen LogP contribution in [0, 0.1) is 5.92 Å². The second-order valence-electron chi connectivity index (χ2n) is 4.63. The number of nitrogens with zero attached hydrogens (tertiary/aromatic N) is 2. The normalized spacial score (nSPS) is 12.9. The van der Waals surface area contributed by atoms with Crippen molar-refractivity contribution in [2.24, 2.45) is 11.7 Å². The molecule has 98 valence electrons. The van der Waals surface area contributed by atoms with E-state index in [4.69, 9.17) is 10.3 Å². The Morgan fingerprint density at radius 2 is 1.94 bits per heavy atom. The van der Waals surface area contributed by atoms with Crippen molar-refractivity contribution in [3.8, 4) is 0 Å². The lowest BCUT2D eigenvalue weighted by molar-refractivity contribution is 0.346. The third-order valence-electron chi connectivity index (χ3n) is 3.02. The zero-order valence-electron chi connectivity index (χ0n) is 11.1. The minimum Gasteiger partial charge on any atom is -0.339 e. The minimum atomic E-state index is 0.700. The number of hydrogen-bond acceptors (Lipinski definition) is 4. The fourth-order valence-corrected chi connectivity index (χ4v) is 2.12. The zero-order chi connectivity index (χ0) is 12.5. The third-order valence-corrected chi connectivity index (χ3v) is 3.02. The summed E-state index contributed by atoms with van der Waals surface area (Å²) in [5, 5.41) is 3.97. The Kier molecular flexibility index (Phi) is 6.86. The van der Waals surface area contributed by atoms with Crippen molar-refractivity contribution in [1.29, 1.82) is 0 Å². The zero-order valence-corrected chi connectivity index (χ0v) is 11.1. The first-order valence-electron chi connectivity index (χ1n) is 6.81. The monoisotopic (exact) mass is 239 g/mol. The summed E-state index contributed by atoms with van der Waals surface area (Å²) in [5.74, 6) is 2.33. The van der Waals surface area contributed by atoms with E-state index >= 15 is 0 Å². The smallest absolute Gasteiger partial charge is 0.226 e. The number of aryl methyl sites for hydroxylation is 2.